The van der Waals surface area contributed by atoms with Crippen molar-refractivity contribution in [2.45, 2.75) is 4.90 Å². The van der Waals surface area contributed by atoms with Crippen molar-refractivity contribution in [2.24, 2.45) is 0 Å². The van der Waals surface area contributed by atoms with Crippen LogP contribution in [0.4, 0.5) is 5.82 Å². The molecule has 0 aliphatic heterocycles. The van der Waals surface area contributed by atoms with Crippen LogP contribution in [0, 0.1) is 0 Å². The number of nitrogens with one attached hydrogen (secondary N) is 1. The summed E-state index contributed by atoms with van der Waals surface area (Å²) in [5.74, 6) is 0.757. The molecule has 0 amide bonds. The van der Waals surface area contributed by atoms with Gasteiger partial charge < -0.3 is 9.47 Å². The third kappa shape index (κ3) is 4.20. The van der Waals surface area contributed by atoms with E-state index < -0.39 is 10.0 Å². The Kier molecular flexibility index (Phi) is 5.62. The van der Waals surface area contributed by atoms with Crippen molar-refractivity contribution >= 4 is 31.8 Å². The lowest BCUT2D eigenvalue weighted by Gasteiger charge is -2.13. The van der Waals surface area contributed by atoms with Crippen LogP contribution in [0.2, 0.25) is 0 Å². The maximum Gasteiger partial charge on any atom is 0.263 e. The molecule has 2 aromatic carbocycles. The predicted octanol–water partition coefficient (Wildman–Crippen LogP) is 3.72. The molecule has 0 unspecified atom stereocenters. The van der Waals surface area contributed by atoms with Gasteiger partial charge in [-0.1, -0.05) is 30.3 Å². The van der Waals surface area contributed by atoms with Crippen LogP contribution in [0.25, 0.3) is 11.1 Å². The minimum absolute atomic E-state index is 0.00485. The molecule has 0 saturated carbocycles. The number of anilines is 1. The van der Waals surface area contributed by atoms with E-state index in [1.807, 2.05) is 0 Å². The fraction of sp³-hybridized carbons (Fsp3) is 0.111. The van der Waals surface area contributed by atoms with Crippen LogP contribution in [0.3, 0.4) is 0 Å². The Balaban J connectivity index is 2.03. The molecule has 0 aliphatic rings. The average molecular weight is 450 g/mol. The summed E-state index contributed by atoms with van der Waals surface area (Å²) in [6, 6.07) is 13.8. The number of rotatable bonds is 6. The summed E-state index contributed by atoms with van der Waals surface area (Å²) in [6.07, 6.45) is 1.38. The van der Waals surface area contributed by atoms with Crippen LogP contribution in [-0.4, -0.2) is 32.6 Å². The highest BCUT2D eigenvalue weighted by atomic mass is 79.9. The van der Waals surface area contributed by atoms with E-state index in [9.17, 15) is 8.42 Å². The Labute approximate surface area is 165 Å². The highest BCUT2D eigenvalue weighted by Gasteiger charge is 2.22. The Morgan fingerprint density at radius 2 is 1.70 bits per heavy atom. The van der Waals surface area contributed by atoms with Crippen molar-refractivity contribution in [1.82, 2.24) is 9.97 Å². The van der Waals surface area contributed by atoms with Gasteiger partial charge in [0.1, 0.15) is 10.4 Å². The van der Waals surface area contributed by atoms with Gasteiger partial charge in [-0.15, -0.1) is 0 Å². The van der Waals surface area contributed by atoms with Crippen LogP contribution in [0.15, 0.2) is 64.2 Å². The highest BCUT2D eigenvalue weighted by Crippen LogP contribution is 2.31. The lowest BCUT2D eigenvalue weighted by molar-refractivity contribution is 0.397. The number of hydrogen-bond acceptors (Lipinski definition) is 6. The maximum atomic E-state index is 13.0. The Hall–Kier alpha value is -2.65. The molecule has 0 fully saturated rings. The molecule has 0 aliphatic carbocycles. The molecule has 3 rings (SSSR count). The van der Waals surface area contributed by atoms with Crippen molar-refractivity contribution in [2.75, 3.05) is 18.9 Å². The number of ether oxygens (including phenoxy) is 2. The quantitative estimate of drug-likeness (QED) is 0.616. The van der Waals surface area contributed by atoms with Crippen molar-refractivity contribution in [1.29, 1.82) is 0 Å². The van der Waals surface area contributed by atoms with Crippen molar-refractivity contribution in [3.8, 4) is 22.8 Å². The lowest BCUT2D eigenvalue weighted by atomic mass is 10.1. The van der Waals surface area contributed by atoms with Gasteiger partial charge in [0.05, 0.1) is 25.3 Å². The van der Waals surface area contributed by atoms with Gasteiger partial charge in [-0.2, -0.15) is 0 Å². The van der Waals surface area contributed by atoms with Gasteiger partial charge in [0.2, 0.25) is 5.82 Å². The van der Waals surface area contributed by atoms with Gasteiger partial charge in [0.25, 0.3) is 15.9 Å². The van der Waals surface area contributed by atoms with E-state index in [1.165, 1.54) is 19.4 Å². The zero-order valence-corrected chi connectivity index (χ0v) is 16.9. The van der Waals surface area contributed by atoms with E-state index in [2.05, 4.69) is 30.6 Å². The zero-order chi connectivity index (χ0) is 19.4. The van der Waals surface area contributed by atoms with Gasteiger partial charge in [-0.3, -0.25) is 4.72 Å². The van der Waals surface area contributed by atoms with Gasteiger partial charge in [0, 0.05) is 5.56 Å². The van der Waals surface area contributed by atoms with Gasteiger partial charge in [-0.25, -0.2) is 18.4 Å². The topological polar surface area (TPSA) is 90.4 Å². The van der Waals surface area contributed by atoms with E-state index >= 15 is 0 Å². The molecule has 1 N–H and O–H groups in total. The first kappa shape index (κ1) is 19.1. The summed E-state index contributed by atoms with van der Waals surface area (Å²) in [4.78, 5) is 8.22. The third-order valence-corrected chi connectivity index (χ3v) is 5.49. The smallest absolute Gasteiger partial charge is 0.263 e. The second-order valence-electron chi connectivity index (χ2n) is 5.38. The van der Waals surface area contributed by atoms with Crippen molar-refractivity contribution in [3.63, 3.8) is 0 Å². The largest absolute Gasteiger partial charge is 0.497 e. The molecule has 9 heteroatoms. The Bertz CT molecular complexity index is 1060. The van der Waals surface area contributed by atoms with Crippen LogP contribution in [0.5, 0.6) is 11.6 Å². The number of hydrogen-bond donors (Lipinski definition) is 1. The monoisotopic (exact) mass is 449 g/mol. The SMILES string of the molecule is COc1ccc(-c2ccccc2S(=O)(=O)Nc2ncc(Br)nc2OC)cc1. The number of aromatic nitrogens is 2. The standard InChI is InChI=1S/C18H16BrN3O4S/c1-25-13-9-7-12(8-10-13)14-5-3-4-6-15(14)27(23,24)22-17-18(26-2)21-16(19)11-20-17/h3-11H,1-2H3,(H,20,22). The minimum atomic E-state index is -3.93. The molecule has 0 atom stereocenters. The summed E-state index contributed by atoms with van der Waals surface area (Å²) in [5.41, 5.74) is 1.29. The first-order valence-electron chi connectivity index (χ1n) is 7.77. The summed E-state index contributed by atoms with van der Waals surface area (Å²) in [7, 11) is -0.970. The first-order chi connectivity index (χ1) is 12.9. The van der Waals surface area contributed by atoms with Crippen LogP contribution < -0.4 is 14.2 Å². The van der Waals surface area contributed by atoms with Crippen molar-refractivity contribution < 1.29 is 17.9 Å². The van der Waals surface area contributed by atoms with E-state index in [4.69, 9.17) is 9.47 Å². The second-order valence-corrected chi connectivity index (χ2v) is 7.84. The number of sulfonamides is 1. The number of halogens is 1. The van der Waals surface area contributed by atoms with E-state index in [-0.39, 0.29) is 16.6 Å². The lowest BCUT2D eigenvalue weighted by Crippen LogP contribution is -2.16. The molecular weight excluding hydrogens is 434 g/mol. The molecule has 0 saturated heterocycles. The molecule has 1 heterocycles. The highest BCUT2D eigenvalue weighted by molar-refractivity contribution is 9.10. The van der Waals surface area contributed by atoms with Crippen LogP contribution in [0.1, 0.15) is 0 Å². The van der Waals surface area contributed by atoms with E-state index in [1.54, 1.807) is 49.6 Å². The molecule has 140 valence electrons. The van der Waals surface area contributed by atoms with Crippen LogP contribution >= 0.6 is 15.9 Å². The number of methoxy groups -OCH3 is 2. The second kappa shape index (κ2) is 7.93. The molecule has 27 heavy (non-hydrogen) atoms. The van der Waals surface area contributed by atoms with Gasteiger partial charge >= 0.3 is 0 Å². The third-order valence-electron chi connectivity index (χ3n) is 3.71. The fourth-order valence-electron chi connectivity index (χ4n) is 2.46. The minimum Gasteiger partial charge on any atom is -0.497 e. The molecule has 3 aromatic rings. The van der Waals surface area contributed by atoms with Gasteiger partial charge in [0.15, 0.2) is 0 Å². The summed E-state index contributed by atoms with van der Waals surface area (Å²) in [5, 5.41) is 0. The van der Waals surface area contributed by atoms with Gasteiger partial charge in [-0.05, 0) is 39.7 Å². The fourth-order valence-corrected chi connectivity index (χ4v) is 3.96. The number of benzene rings is 2. The maximum absolute atomic E-state index is 13.0. The van der Waals surface area contributed by atoms with Crippen molar-refractivity contribution in [3.05, 3.63) is 59.3 Å². The Morgan fingerprint density at radius 3 is 2.37 bits per heavy atom. The van der Waals surface area contributed by atoms with E-state index in [0.29, 0.717) is 15.9 Å². The molecule has 0 radical (unpaired) electrons. The molecule has 1 aromatic heterocycles. The Morgan fingerprint density at radius 1 is 1.00 bits per heavy atom. The average Bonchev–Trinajstić information content (AvgIpc) is 2.69. The predicted molar refractivity (Wildman–Crippen MR) is 106 cm³/mol. The summed E-state index contributed by atoms with van der Waals surface area (Å²) in [6.45, 7) is 0. The number of nitrogens with zero attached hydrogens (tertiary/aromatic N) is 2. The summed E-state index contributed by atoms with van der Waals surface area (Å²) >= 11 is 3.17. The van der Waals surface area contributed by atoms with E-state index in [0.717, 1.165) is 5.56 Å². The molecule has 0 bridgehead atoms. The first-order valence-corrected chi connectivity index (χ1v) is 10.0. The molecule has 7 nitrogen and oxygen atoms in total. The molecule has 0 spiro atoms. The normalized spacial score (nSPS) is 11.1. The zero-order valence-electron chi connectivity index (χ0n) is 14.5. The van der Waals surface area contributed by atoms with Crippen LogP contribution in [-0.2, 0) is 10.0 Å². The summed E-state index contributed by atoms with van der Waals surface area (Å²) < 4.78 is 39.1. The molecular formula is C18H16BrN3O4S.